The highest BCUT2D eigenvalue weighted by atomic mass is 79.9. The van der Waals surface area contributed by atoms with Crippen LogP contribution in [0.5, 0.6) is 0 Å². The summed E-state index contributed by atoms with van der Waals surface area (Å²) in [5, 5.41) is 18.1. The molecule has 2 aromatic rings. The molecule has 0 spiro atoms. The lowest BCUT2D eigenvalue weighted by atomic mass is 10.1. The minimum atomic E-state index is -0.280. The lowest BCUT2D eigenvalue weighted by Gasteiger charge is -2.10. The molecule has 2 rings (SSSR count). The molecule has 0 radical (unpaired) electrons. The van der Waals surface area contributed by atoms with E-state index in [1.165, 1.54) is 6.08 Å². The fourth-order valence-corrected chi connectivity index (χ4v) is 2.37. The average Bonchev–Trinajstić information content (AvgIpc) is 2.63. The molecular weight excluding hydrogens is 380 g/mol. The van der Waals surface area contributed by atoms with Crippen LogP contribution in [-0.2, 0) is 0 Å². The predicted octanol–water partition coefficient (Wildman–Crippen LogP) is 3.22. The van der Waals surface area contributed by atoms with Crippen molar-refractivity contribution in [3.63, 3.8) is 0 Å². The Morgan fingerprint density at radius 1 is 1.20 bits per heavy atom. The number of hydrogen-bond donors (Lipinski definition) is 0. The number of allylic oxidation sites excluding steroid dienone is 3. The zero-order valence-electron chi connectivity index (χ0n) is 13.8. The third-order valence-corrected chi connectivity index (χ3v) is 4.00. The summed E-state index contributed by atoms with van der Waals surface area (Å²) in [7, 11) is 3.83. The number of nitriles is 1. The molecule has 0 fully saturated rings. The maximum atomic E-state index is 12.9. The van der Waals surface area contributed by atoms with Crippen molar-refractivity contribution in [2.45, 2.75) is 0 Å². The lowest BCUT2D eigenvalue weighted by molar-refractivity contribution is -0.576. The number of benzene rings is 1. The standard InChI is InChI=1S/C19H15BrN4O/c1-23(2)17-7-9-24(10-8-17)18(11-14(12-21)13-22)19(25)15-3-5-16(20)6-4-15/h3-11H,1-2H3/b18-11-. The van der Waals surface area contributed by atoms with Crippen molar-refractivity contribution in [2.24, 2.45) is 0 Å². The van der Waals surface area contributed by atoms with E-state index in [1.807, 2.05) is 31.1 Å². The lowest BCUT2D eigenvalue weighted by Crippen LogP contribution is -2.36. The van der Waals surface area contributed by atoms with Crippen molar-refractivity contribution < 1.29 is 9.36 Å². The molecule has 6 heteroatoms. The second-order valence-electron chi connectivity index (χ2n) is 5.36. The van der Waals surface area contributed by atoms with Crippen molar-refractivity contribution in [2.75, 3.05) is 19.0 Å². The monoisotopic (exact) mass is 394 g/mol. The zero-order valence-corrected chi connectivity index (χ0v) is 15.4. The van der Waals surface area contributed by atoms with Gasteiger partial charge in [-0.1, -0.05) is 15.9 Å². The maximum absolute atomic E-state index is 12.9. The van der Waals surface area contributed by atoms with Gasteiger partial charge in [-0.15, -0.1) is 0 Å². The molecule has 0 bridgehead atoms. The van der Waals surface area contributed by atoms with E-state index in [4.69, 9.17) is 10.7 Å². The number of anilines is 1. The normalized spacial score (nSPS) is 10.6. The van der Waals surface area contributed by atoms with Gasteiger partial charge in [0.15, 0.2) is 12.4 Å². The predicted molar refractivity (Wildman–Crippen MR) is 101 cm³/mol. The SMILES string of the molecule is CN(C)c1cc[n+](/C(=C\C(=C=[N-])C#N)C(=O)c2ccc(Br)cc2)cc1. The number of pyridine rings is 1. The van der Waals surface area contributed by atoms with Gasteiger partial charge in [-0.05, 0) is 24.3 Å². The second-order valence-corrected chi connectivity index (χ2v) is 6.28. The first-order chi connectivity index (χ1) is 12.0. The molecule has 1 heterocycles. The average molecular weight is 395 g/mol. The Balaban J connectivity index is 2.54. The van der Waals surface area contributed by atoms with Gasteiger partial charge in [0.25, 0.3) is 11.5 Å². The molecule has 0 aliphatic heterocycles. The number of ketones is 1. The molecule has 25 heavy (non-hydrogen) atoms. The summed E-state index contributed by atoms with van der Waals surface area (Å²) in [6.45, 7) is 0. The molecule has 0 N–H and O–H groups in total. The summed E-state index contributed by atoms with van der Waals surface area (Å²) < 4.78 is 2.46. The zero-order chi connectivity index (χ0) is 18.4. The number of Topliss-reactive ketones (excluding diaryl/α,β-unsaturated/α-hetero) is 1. The van der Waals surface area contributed by atoms with E-state index in [9.17, 15) is 4.79 Å². The highest BCUT2D eigenvalue weighted by molar-refractivity contribution is 9.10. The summed E-state index contributed by atoms with van der Waals surface area (Å²) in [5.74, 6) is 1.52. The van der Waals surface area contributed by atoms with Crippen molar-refractivity contribution in [1.82, 2.24) is 0 Å². The Kier molecular flexibility index (Phi) is 6.02. The Morgan fingerprint density at radius 3 is 2.28 bits per heavy atom. The van der Waals surface area contributed by atoms with Crippen LogP contribution in [0.4, 0.5) is 5.69 Å². The molecule has 0 saturated carbocycles. The van der Waals surface area contributed by atoms with Gasteiger partial charge >= 0.3 is 0 Å². The van der Waals surface area contributed by atoms with Crippen molar-refractivity contribution in [3.8, 4) is 6.07 Å². The molecule has 0 atom stereocenters. The fourth-order valence-electron chi connectivity index (χ4n) is 2.11. The molecule has 5 nitrogen and oxygen atoms in total. The van der Waals surface area contributed by atoms with Crippen molar-refractivity contribution in [3.05, 3.63) is 75.9 Å². The van der Waals surface area contributed by atoms with Gasteiger partial charge in [-0.3, -0.25) is 10.7 Å². The molecular formula is C19H15BrN4O. The number of nitrogens with zero attached hydrogens (tertiary/aromatic N) is 4. The molecule has 0 aliphatic carbocycles. The largest absolute Gasteiger partial charge is 0.762 e. The van der Waals surface area contributed by atoms with Crippen LogP contribution in [0.2, 0.25) is 0 Å². The number of hydrogen-bond acceptors (Lipinski definition) is 3. The first-order valence-electron chi connectivity index (χ1n) is 7.34. The van der Waals surface area contributed by atoms with E-state index in [1.54, 1.807) is 53.2 Å². The van der Waals surface area contributed by atoms with Crippen molar-refractivity contribution >= 4 is 39.0 Å². The van der Waals surface area contributed by atoms with Crippen LogP contribution in [0, 0.1) is 11.3 Å². The smallest absolute Gasteiger partial charge is 0.260 e. The number of carbonyl (C=O) groups excluding carboxylic acids is 1. The Bertz CT molecular complexity index is 900. The number of halogens is 1. The molecule has 0 saturated heterocycles. The molecule has 0 amide bonds. The summed E-state index contributed by atoms with van der Waals surface area (Å²) in [6.07, 6.45) is 4.76. The first-order valence-corrected chi connectivity index (χ1v) is 8.13. The minimum absolute atomic E-state index is 0.135. The third kappa shape index (κ3) is 4.51. The number of carbonyl (C=O) groups is 1. The molecule has 0 unspecified atom stereocenters. The van der Waals surface area contributed by atoms with Gasteiger partial charge in [0, 0.05) is 48.0 Å². The number of rotatable bonds is 5. The summed E-state index contributed by atoms with van der Waals surface area (Å²) >= 11 is 3.33. The van der Waals surface area contributed by atoms with Gasteiger partial charge in [-0.25, -0.2) is 0 Å². The van der Waals surface area contributed by atoms with Gasteiger partial charge in [-0.2, -0.15) is 9.83 Å². The van der Waals surface area contributed by atoms with Gasteiger partial charge in [0.05, 0.1) is 5.57 Å². The second kappa shape index (κ2) is 8.20. The first kappa shape index (κ1) is 18.3. The molecule has 124 valence electrons. The van der Waals surface area contributed by atoms with Gasteiger partial charge in [0.2, 0.25) is 0 Å². The highest BCUT2D eigenvalue weighted by Gasteiger charge is 2.22. The Labute approximate surface area is 154 Å². The Morgan fingerprint density at radius 2 is 1.80 bits per heavy atom. The van der Waals surface area contributed by atoms with Crippen LogP contribution in [0.25, 0.3) is 11.1 Å². The van der Waals surface area contributed by atoms with Crippen LogP contribution in [0.3, 0.4) is 0 Å². The van der Waals surface area contributed by atoms with Crippen LogP contribution in [0.1, 0.15) is 10.4 Å². The van der Waals surface area contributed by atoms with E-state index in [0.29, 0.717) is 5.56 Å². The van der Waals surface area contributed by atoms with Crippen LogP contribution < -0.4 is 9.47 Å². The maximum Gasteiger partial charge on any atom is 0.260 e. The topological polar surface area (TPSA) is 70.3 Å². The van der Waals surface area contributed by atoms with E-state index in [-0.39, 0.29) is 17.1 Å². The number of aromatic nitrogens is 1. The highest BCUT2D eigenvalue weighted by Crippen LogP contribution is 2.15. The van der Waals surface area contributed by atoms with Crippen LogP contribution >= 0.6 is 15.9 Å². The molecule has 0 aliphatic rings. The summed E-state index contributed by atoms with van der Waals surface area (Å²) in [6, 6.07) is 12.4. The van der Waals surface area contributed by atoms with E-state index >= 15 is 0 Å². The molecule has 1 aromatic heterocycles. The minimum Gasteiger partial charge on any atom is -0.762 e. The van der Waals surface area contributed by atoms with Gasteiger partial charge < -0.3 is 10.3 Å². The Hall–Kier alpha value is -3.00. The quantitative estimate of drug-likeness (QED) is 0.195. The van der Waals surface area contributed by atoms with Gasteiger partial charge in [0.1, 0.15) is 6.07 Å². The van der Waals surface area contributed by atoms with Crippen molar-refractivity contribution in [1.29, 1.82) is 5.26 Å². The summed E-state index contributed by atoms with van der Waals surface area (Å²) in [5.41, 5.74) is 1.53. The van der Waals surface area contributed by atoms with Crippen LogP contribution in [-0.4, -0.2) is 25.7 Å². The fraction of sp³-hybridized carbons (Fsp3) is 0.105. The third-order valence-electron chi connectivity index (χ3n) is 3.47. The molecule has 1 aromatic carbocycles. The van der Waals surface area contributed by atoms with E-state index < -0.39 is 0 Å². The van der Waals surface area contributed by atoms with E-state index in [2.05, 4.69) is 15.9 Å². The van der Waals surface area contributed by atoms with Crippen LogP contribution in [0.15, 0.2) is 64.9 Å². The summed E-state index contributed by atoms with van der Waals surface area (Å²) in [4.78, 5) is 14.8. The van der Waals surface area contributed by atoms with E-state index in [0.717, 1.165) is 10.2 Å².